The van der Waals surface area contributed by atoms with Crippen LogP contribution in [0, 0.1) is 11.3 Å². The van der Waals surface area contributed by atoms with Crippen LogP contribution in [0.25, 0.3) is 0 Å². The highest BCUT2D eigenvalue weighted by molar-refractivity contribution is 6.10. The van der Waals surface area contributed by atoms with E-state index in [1.165, 1.54) is 7.11 Å². The van der Waals surface area contributed by atoms with E-state index in [9.17, 15) is 14.4 Å². The first-order valence-electron chi connectivity index (χ1n) is 14.9. The van der Waals surface area contributed by atoms with Crippen LogP contribution in [0.3, 0.4) is 0 Å². The molecule has 1 aliphatic rings. The minimum Gasteiger partial charge on any atom is -0.493 e. The number of carbonyl (C=O) groups is 3. The molecule has 0 spiro atoms. The first-order chi connectivity index (χ1) is 21.9. The Kier molecular flexibility index (Phi) is 9.95. The fourth-order valence-electron chi connectivity index (χ4n) is 5.87. The Labute approximate surface area is 262 Å². The lowest BCUT2D eigenvalue weighted by atomic mass is 9.66. The number of ketones is 1. The summed E-state index contributed by atoms with van der Waals surface area (Å²) in [6.07, 6.45) is -2.26. The van der Waals surface area contributed by atoms with E-state index in [4.69, 9.17) is 23.7 Å². The van der Waals surface area contributed by atoms with Gasteiger partial charge in [-0.05, 0) is 42.7 Å². The van der Waals surface area contributed by atoms with E-state index in [1.54, 1.807) is 74.5 Å². The van der Waals surface area contributed by atoms with Crippen molar-refractivity contribution in [2.45, 2.75) is 32.7 Å². The van der Waals surface area contributed by atoms with Crippen LogP contribution < -0.4 is 9.47 Å². The Morgan fingerprint density at radius 1 is 0.711 bits per heavy atom. The Morgan fingerprint density at radius 3 is 1.87 bits per heavy atom. The van der Waals surface area contributed by atoms with Crippen molar-refractivity contribution in [1.29, 1.82) is 0 Å². The number of benzene rings is 4. The molecule has 4 aromatic rings. The average molecular weight is 609 g/mol. The summed E-state index contributed by atoms with van der Waals surface area (Å²) >= 11 is 0. The summed E-state index contributed by atoms with van der Waals surface area (Å²) in [5, 5.41) is 0. The van der Waals surface area contributed by atoms with Gasteiger partial charge in [0, 0.05) is 5.56 Å². The van der Waals surface area contributed by atoms with E-state index >= 15 is 0 Å². The molecule has 8 nitrogen and oxygen atoms in total. The topological polar surface area (TPSA) is 97.4 Å². The maximum absolute atomic E-state index is 14.5. The Hall–Kier alpha value is -4.95. The third-order valence-corrected chi connectivity index (χ3v) is 7.91. The van der Waals surface area contributed by atoms with E-state index in [0.717, 1.165) is 5.56 Å². The summed E-state index contributed by atoms with van der Waals surface area (Å²) in [6, 6.07) is 32.4. The summed E-state index contributed by atoms with van der Waals surface area (Å²) in [7, 11) is 1.50. The monoisotopic (exact) mass is 608 g/mol. The summed E-state index contributed by atoms with van der Waals surface area (Å²) in [4.78, 5) is 43.0. The fraction of sp³-hybridized carbons (Fsp3) is 0.270. The standard InChI is InChI=1S/C37H36O8/c1-4-42-35(39)37(36(40)43-5-2)31(32(38)26-17-11-7-12-18-26)33(27-19-13-8-14-20-27)45-34(37)28-21-22-29(30(23-28)41-3)44-24-25-15-9-6-10-16-25/h6-23,31,33-34H,4-5,24H2,1-3H3/t31-,33-,34+/m1/s1. The van der Waals surface area contributed by atoms with Crippen LogP contribution >= 0.6 is 0 Å². The first-order valence-corrected chi connectivity index (χ1v) is 14.9. The largest absolute Gasteiger partial charge is 0.493 e. The smallest absolute Gasteiger partial charge is 0.327 e. The van der Waals surface area contributed by atoms with E-state index in [0.29, 0.717) is 34.8 Å². The molecule has 1 aliphatic heterocycles. The van der Waals surface area contributed by atoms with Gasteiger partial charge in [-0.25, -0.2) is 0 Å². The van der Waals surface area contributed by atoms with Crippen LogP contribution in [-0.4, -0.2) is 38.0 Å². The molecular formula is C37H36O8. The number of hydrogen-bond acceptors (Lipinski definition) is 8. The number of carbonyl (C=O) groups excluding carboxylic acids is 3. The van der Waals surface area contributed by atoms with Crippen LogP contribution in [0.4, 0.5) is 0 Å². The summed E-state index contributed by atoms with van der Waals surface area (Å²) in [6.45, 7) is 3.54. The molecule has 232 valence electrons. The van der Waals surface area contributed by atoms with Crippen molar-refractivity contribution in [2.24, 2.45) is 11.3 Å². The lowest BCUT2D eigenvalue weighted by Crippen LogP contribution is -2.51. The van der Waals surface area contributed by atoms with Crippen LogP contribution in [0.5, 0.6) is 11.5 Å². The Bertz CT molecular complexity index is 1590. The fourth-order valence-corrected chi connectivity index (χ4v) is 5.87. The highest BCUT2D eigenvalue weighted by Crippen LogP contribution is 2.60. The molecule has 1 saturated heterocycles. The van der Waals surface area contributed by atoms with Gasteiger partial charge in [0.25, 0.3) is 0 Å². The molecular weight excluding hydrogens is 572 g/mol. The second-order valence-corrected chi connectivity index (χ2v) is 10.5. The molecule has 8 heteroatoms. The molecule has 1 heterocycles. The molecule has 0 aliphatic carbocycles. The van der Waals surface area contributed by atoms with Gasteiger partial charge in [-0.2, -0.15) is 0 Å². The van der Waals surface area contributed by atoms with Crippen LogP contribution in [0.2, 0.25) is 0 Å². The second kappa shape index (κ2) is 14.2. The maximum atomic E-state index is 14.5. The van der Waals surface area contributed by atoms with Gasteiger partial charge in [0.05, 0.1) is 32.3 Å². The zero-order chi connectivity index (χ0) is 31.8. The molecule has 0 radical (unpaired) electrons. The third-order valence-electron chi connectivity index (χ3n) is 7.91. The Balaban J connectivity index is 1.68. The number of ether oxygens (including phenoxy) is 5. The minimum atomic E-state index is -2.18. The van der Waals surface area contributed by atoms with Gasteiger partial charge < -0.3 is 23.7 Å². The molecule has 45 heavy (non-hydrogen) atoms. The molecule has 5 rings (SSSR count). The van der Waals surface area contributed by atoms with Gasteiger partial charge in [-0.15, -0.1) is 0 Å². The average Bonchev–Trinajstić information content (AvgIpc) is 3.45. The van der Waals surface area contributed by atoms with Gasteiger partial charge in [-0.1, -0.05) is 97.1 Å². The van der Waals surface area contributed by atoms with Crippen molar-refractivity contribution in [2.75, 3.05) is 20.3 Å². The highest BCUT2D eigenvalue weighted by atomic mass is 16.6. The molecule has 3 atom stereocenters. The van der Waals surface area contributed by atoms with Gasteiger partial charge >= 0.3 is 11.9 Å². The normalized spacial score (nSPS) is 18.5. The summed E-state index contributed by atoms with van der Waals surface area (Å²) in [5.41, 5.74) is 0.162. The molecule has 4 aromatic carbocycles. The predicted octanol–water partition coefficient (Wildman–Crippen LogP) is 6.70. The number of esters is 2. The summed E-state index contributed by atoms with van der Waals surface area (Å²) in [5.74, 6) is -2.73. The second-order valence-electron chi connectivity index (χ2n) is 10.5. The lowest BCUT2D eigenvalue weighted by Gasteiger charge is -2.34. The van der Waals surface area contributed by atoms with E-state index in [-0.39, 0.29) is 13.2 Å². The number of Topliss-reactive ketones (excluding diaryl/α,β-unsaturated/α-hetero) is 1. The van der Waals surface area contributed by atoms with Gasteiger partial charge in [0.2, 0.25) is 5.41 Å². The van der Waals surface area contributed by atoms with Crippen molar-refractivity contribution in [1.82, 2.24) is 0 Å². The zero-order valence-electron chi connectivity index (χ0n) is 25.5. The highest BCUT2D eigenvalue weighted by Gasteiger charge is 2.70. The number of hydrogen-bond donors (Lipinski definition) is 0. The van der Waals surface area contributed by atoms with Crippen molar-refractivity contribution >= 4 is 17.7 Å². The van der Waals surface area contributed by atoms with Crippen LogP contribution in [0.1, 0.15) is 53.1 Å². The molecule has 0 aromatic heterocycles. The predicted molar refractivity (Wildman–Crippen MR) is 167 cm³/mol. The zero-order valence-corrected chi connectivity index (χ0v) is 25.5. The van der Waals surface area contributed by atoms with Crippen molar-refractivity contribution in [3.63, 3.8) is 0 Å². The van der Waals surface area contributed by atoms with E-state index < -0.39 is 41.3 Å². The molecule has 0 saturated carbocycles. The number of methoxy groups -OCH3 is 1. The van der Waals surface area contributed by atoms with Gasteiger partial charge in [0.1, 0.15) is 12.7 Å². The van der Waals surface area contributed by atoms with Crippen LogP contribution in [0.15, 0.2) is 109 Å². The van der Waals surface area contributed by atoms with Crippen molar-refractivity contribution in [3.8, 4) is 11.5 Å². The van der Waals surface area contributed by atoms with E-state index in [1.807, 2.05) is 48.5 Å². The van der Waals surface area contributed by atoms with Crippen molar-refractivity contribution in [3.05, 3.63) is 131 Å². The quantitative estimate of drug-likeness (QED) is 0.0996. The third kappa shape index (κ3) is 6.19. The molecule has 0 amide bonds. The number of rotatable bonds is 12. The van der Waals surface area contributed by atoms with Gasteiger partial charge in [0.15, 0.2) is 17.3 Å². The molecule has 0 unspecified atom stereocenters. The first kappa shape index (κ1) is 31.5. The molecule has 1 fully saturated rings. The van der Waals surface area contributed by atoms with E-state index in [2.05, 4.69) is 0 Å². The molecule has 0 N–H and O–H groups in total. The lowest BCUT2D eigenvalue weighted by molar-refractivity contribution is -0.178. The SMILES string of the molecule is CCOC(=O)C1(C(=O)OCC)[C@H](C(=O)c2ccccc2)[C@@H](c2ccccc2)O[C@H]1c1ccc(OCc2ccccc2)c(OC)c1. The minimum absolute atomic E-state index is 0.0233. The summed E-state index contributed by atoms with van der Waals surface area (Å²) < 4.78 is 29.6. The Morgan fingerprint density at radius 2 is 1.29 bits per heavy atom. The van der Waals surface area contributed by atoms with Gasteiger partial charge in [-0.3, -0.25) is 14.4 Å². The maximum Gasteiger partial charge on any atom is 0.327 e. The van der Waals surface area contributed by atoms with Crippen molar-refractivity contribution < 1.29 is 38.1 Å². The molecule has 0 bridgehead atoms. The van der Waals surface area contributed by atoms with Crippen LogP contribution in [-0.2, 0) is 30.4 Å².